The fourth-order valence-electron chi connectivity index (χ4n) is 2.08. The number of aliphatic imine (C=N–C) groups is 2. The number of carbonyl (C=O) groups excluding carboxylic acids is 2. The van der Waals surface area contributed by atoms with Crippen LogP contribution in [0.2, 0.25) is 0 Å². The largest absolute Gasteiger partial charge is 0.480 e. The molecule has 0 unspecified atom stereocenters. The van der Waals surface area contributed by atoms with Crippen molar-refractivity contribution in [3.63, 3.8) is 0 Å². The molecule has 8 nitrogen and oxygen atoms in total. The highest BCUT2D eigenvalue weighted by Gasteiger charge is 2.26. The van der Waals surface area contributed by atoms with E-state index in [4.69, 9.17) is 9.47 Å². The van der Waals surface area contributed by atoms with Gasteiger partial charge in [-0.1, -0.05) is 21.6 Å². The summed E-state index contributed by atoms with van der Waals surface area (Å²) in [5.41, 5.74) is 0. The molecule has 0 bridgehead atoms. The van der Waals surface area contributed by atoms with E-state index in [1.54, 1.807) is 0 Å². The van der Waals surface area contributed by atoms with E-state index in [0.717, 1.165) is 0 Å². The molecule has 0 saturated heterocycles. The smallest absolute Gasteiger partial charge is 0.246 e. The van der Waals surface area contributed by atoms with Gasteiger partial charge in [-0.05, 0) is 13.8 Å². The lowest BCUT2D eigenvalue weighted by molar-refractivity contribution is -0.122. The van der Waals surface area contributed by atoms with E-state index in [2.05, 4.69) is 20.6 Å². The predicted molar refractivity (Wildman–Crippen MR) is 96.6 cm³/mol. The molecule has 0 aromatic heterocycles. The molecule has 0 spiro atoms. The minimum atomic E-state index is -0.458. The van der Waals surface area contributed by atoms with Crippen LogP contribution < -0.4 is 10.6 Å². The van der Waals surface area contributed by atoms with Crippen LogP contribution in [0.15, 0.2) is 9.98 Å². The maximum Gasteiger partial charge on any atom is 0.246 e. The summed E-state index contributed by atoms with van der Waals surface area (Å²) in [6.45, 7) is 5.51. The second-order valence-electron chi connectivity index (χ2n) is 4.95. The maximum absolute atomic E-state index is 11.8. The highest BCUT2D eigenvalue weighted by Crippen LogP contribution is 2.25. The third-order valence-electron chi connectivity index (χ3n) is 3.19. The summed E-state index contributed by atoms with van der Waals surface area (Å²) in [5.74, 6) is 1.96. The number of carbonyl (C=O) groups is 2. The zero-order valence-electron chi connectivity index (χ0n) is 13.7. The lowest BCUT2D eigenvalue weighted by atomic mass is 10.3. The van der Waals surface area contributed by atoms with Gasteiger partial charge in [0.05, 0.1) is 26.3 Å². The molecule has 2 N–H and O–H groups in total. The van der Waals surface area contributed by atoms with Gasteiger partial charge in [0, 0.05) is 11.5 Å². The van der Waals surface area contributed by atoms with E-state index in [1.165, 1.54) is 21.6 Å². The maximum atomic E-state index is 11.8. The molecule has 2 rings (SSSR count). The zero-order chi connectivity index (χ0) is 17.4. The number of nitrogens with zero attached hydrogens (tertiary/aromatic N) is 2. The molecule has 2 amide bonds. The topological polar surface area (TPSA) is 101 Å². The van der Waals surface area contributed by atoms with Gasteiger partial charge in [0.2, 0.25) is 23.6 Å². The molecule has 134 valence electrons. The third kappa shape index (κ3) is 5.59. The second kappa shape index (κ2) is 9.77. The monoisotopic (exact) mass is 374 g/mol. The molecule has 2 heterocycles. The molecule has 0 radical (unpaired) electrons. The van der Waals surface area contributed by atoms with Crippen molar-refractivity contribution in [2.75, 3.05) is 37.8 Å². The Hall–Kier alpha value is -1.42. The quantitative estimate of drug-likeness (QED) is 0.489. The van der Waals surface area contributed by atoms with Crippen molar-refractivity contribution < 1.29 is 19.1 Å². The molecular formula is C14H22N4O4S2. The van der Waals surface area contributed by atoms with Crippen LogP contribution in [0.25, 0.3) is 0 Å². The van der Waals surface area contributed by atoms with Crippen molar-refractivity contribution in [2.24, 2.45) is 9.98 Å². The number of hydrogen-bond donors (Lipinski definition) is 2. The van der Waals surface area contributed by atoms with Crippen molar-refractivity contribution in [3.8, 4) is 0 Å². The molecule has 0 saturated carbocycles. The number of rotatable bonds is 7. The number of nitrogens with one attached hydrogen (secondary N) is 2. The van der Waals surface area contributed by atoms with Crippen molar-refractivity contribution in [1.29, 1.82) is 0 Å². The van der Waals surface area contributed by atoms with Crippen LogP contribution in [-0.2, 0) is 19.1 Å². The average molecular weight is 374 g/mol. The first-order valence-corrected chi connectivity index (χ1v) is 10.3. The Bertz CT molecular complexity index is 481. The molecule has 0 aromatic rings. The Morgan fingerprint density at radius 1 is 0.917 bits per heavy atom. The van der Waals surface area contributed by atoms with Crippen LogP contribution in [0.3, 0.4) is 0 Å². The minimum absolute atomic E-state index is 0.0985. The normalized spacial score (nSPS) is 23.8. The lowest BCUT2D eigenvalue weighted by Crippen LogP contribution is -2.44. The SMILES string of the molecule is CCOC1=N[C@@H](CSSC[C@H]2N=C(OCC)CNC2=O)C(=O)NC1. The number of amides is 2. The fourth-order valence-corrected chi connectivity index (χ4v) is 4.33. The van der Waals surface area contributed by atoms with E-state index in [9.17, 15) is 9.59 Å². The van der Waals surface area contributed by atoms with Crippen LogP contribution in [0.5, 0.6) is 0 Å². The van der Waals surface area contributed by atoms with E-state index in [-0.39, 0.29) is 11.8 Å². The molecule has 0 aliphatic carbocycles. The highest BCUT2D eigenvalue weighted by atomic mass is 33.1. The van der Waals surface area contributed by atoms with Gasteiger partial charge >= 0.3 is 0 Å². The lowest BCUT2D eigenvalue weighted by Gasteiger charge is -2.21. The standard InChI is InChI=1S/C14H22N4O4S2/c1-3-21-11-5-15-13(19)9(17-11)7-23-24-8-10-14(20)16-6-12(18-10)22-4-2/h9-10H,3-8H2,1-2H3,(H,15,19)(H,16,20)/t9-,10+. The van der Waals surface area contributed by atoms with Gasteiger partial charge in [0.1, 0.15) is 12.1 Å². The van der Waals surface area contributed by atoms with Crippen LogP contribution in [-0.4, -0.2) is 73.5 Å². The summed E-state index contributed by atoms with van der Waals surface area (Å²) >= 11 is 0. The van der Waals surface area contributed by atoms with E-state index in [1.807, 2.05) is 13.8 Å². The summed E-state index contributed by atoms with van der Waals surface area (Å²) in [5, 5.41) is 5.53. The third-order valence-corrected chi connectivity index (χ3v) is 5.58. The second-order valence-corrected chi connectivity index (χ2v) is 7.50. The molecule has 10 heteroatoms. The summed E-state index contributed by atoms with van der Waals surface area (Å²) in [7, 11) is 2.99. The van der Waals surface area contributed by atoms with Crippen molar-refractivity contribution in [2.45, 2.75) is 25.9 Å². The van der Waals surface area contributed by atoms with Crippen molar-refractivity contribution in [1.82, 2.24) is 10.6 Å². The van der Waals surface area contributed by atoms with E-state index in [0.29, 0.717) is 49.6 Å². The van der Waals surface area contributed by atoms with Crippen molar-refractivity contribution >= 4 is 45.2 Å². The molecule has 0 fully saturated rings. The highest BCUT2D eigenvalue weighted by molar-refractivity contribution is 8.76. The van der Waals surface area contributed by atoms with Crippen LogP contribution in [0, 0.1) is 0 Å². The first-order chi connectivity index (χ1) is 11.6. The summed E-state index contributed by atoms with van der Waals surface area (Å²) in [4.78, 5) is 32.2. The molecular weight excluding hydrogens is 352 g/mol. The van der Waals surface area contributed by atoms with Gasteiger partial charge < -0.3 is 20.1 Å². The van der Waals surface area contributed by atoms with Gasteiger partial charge in [-0.15, -0.1) is 0 Å². The summed E-state index contributed by atoms with van der Waals surface area (Å²) in [6, 6.07) is -0.916. The molecule has 2 aliphatic heterocycles. The van der Waals surface area contributed by atoms with Crippen LogP contribution >= 0.6 is 21.6 Å². The van der Waals surface area contributed by atoms with Gasteiger partial charge in [0.25, 0.3) is 0 Å². The van der Waals surface area contributed by atoms with Gasteiger partial charge in [-0.25, -0.2) is 9.98 Å². The molecule has 0 aromatic carbocycles. The fraction of sp³-hybridized carbons (Fsp3) is 0.714. The number of hydrogen-bond acceptors (Lipinski definition) is 8. The van der Waals surface area contributed by atoms with Crippen LogP contribution in [0.1, 0.15) is 13.8 Å². The summed E-state index contributed by atoms with van der Waals surface area (Å²) in [6.07, 6.45) is 0. The molecule has 2 aliphatic rings. The summed E-state index contributed by atoms with van der Waals surface area (Å²) < 4.78 is 10.7. The zero-order valence-corrected chi connectivity index (χ0v) is 15.4. The molecule has 24 heavy (non-hydrogen) atoms. The van der Waals surface area contributed by atoms with E-state index < -0.39 is 12.1 Å². The number of ether oxygens (including phenoxy) is 2. The Morgan fingerprint density at radius 2 is 1.33 bits per heavy atom. The van der Waals surface area contributed by atoms with Gasteiger partial charge in [-0.3, -0.25) is 9.59 Å². The van der Waals surface area contributed by atoms with Gasteiger partial charge in [0.15, 0.2) is 0 Å². The van der Waals surface area contributed by atoms with Gasteiger partial charge in [-0.2, -0.15) is 0 Å². The predicted octanol–water partition coefficient (Wildman–Crippen LogP) is 0.235. The average Bonchev–Trinajstić information content (AvgIpc) is 2.57. The van der Waals surface area contributed by atoms with E-state index >= 15 is 0 Å². The Labute approximate surface area is 149 Å². The molecule has 2 atom stereocenters. The minimum Gasteiger partial charge on any atom is -0.480 e. The van der Waals surface area contributed by atoms with Crippen LogP contribution in [0.4, 0.5) is 0 Å². The first kappa shape index (κ1) is 18.9. The Balaban J connectivity index is 1.77. The van der Waals surface area contributed by atoms with Crippen molar-refractivity contribution in [3.05, 3.63) is 0 Å². The Kier molecular flexibility index (Phi) is 7.70. The first-order valence-electron chi connectivity index (χ1n) is 7.82. The Morgan fingerprint density at radius 3 is 1.71 bits per heavy atom.